The average molecular weight is 276 g/mol. The minimum Gasteiger partial charge on any atom is -0.393 e. The third-order valence-corrected chi connectivity index (χ3v) is 8.42. The van der Waals surface area contributed by atoms with Crippen LogP contribution in [0, 0.1) is 34.5 Å². The Balaban J connectivity index is 1.62. The molecule has 4 rings (SSSR count). The van der Waals surface area contributed by atoms with Gasteiger partial charge in [0.2, 0.25) is 0 Å². The Morgan fingerprint density at radius 1 is 0.850 bits per heavy atom. The van der Waals surface area contributed by atoms with Crippen molar-refractivity contribution in [3.05, 3.63) is 0 Å². The first-order valence-electron chi connectivity index (χ1n) is 9.21. The number of hydrogen-bond donors (Lipinski definition) is 1. The van der Waals surface area contributed by atoms with Gasteiger partial charge in [-0.1, -0.05) is 20.3 Å². The fourth-order valence-corrected chi connectivity index (χ4v) is 7.23. The third-order valence-electron chi connectivity index (χ3n) is 8.42. The van der Waals surface area contributed by atoms with E-state index in [0.717, 1.165) is 36.5 Å². The van der Waals surface area contributed by atoms with Crippen LogP contribution in [0.4, 0.5) is 0 Å². The molecule has 0 aromatic carbocycles. The first-order chi connectivity index (χ1) is 9.53. The van der Waals surface area contributed by atoms with Gasteiger partial charge in [0, 0.05) is 0 Å². The van der Waals surface area contributed by atoms with E-state index in [4.69, 9.17) is 0 Å². The Morgan fingerprint density at radius 3 is 2.55 bits per heavy atom. The molecule has 0 heterocycles. The minimum absolute atomic E-state index is 0.00459. The largest absolute Gasteiger partial charge is 0.393 e. The Morgan fingerprint density at radius 2 is 1.70 bits per heavy atom. The Hall–Kier alpha value is -0.0400. The molecule has 0 bridgehead atoms. The predicted octanol–water partition coefficient (Wildman–Crippen LogP) is 4.78. The first kappa shape index (κ1) is 13.6. The summed E-state index contributed by atoms with van der Waals surface area (Å²) in [6.07, 6.45) is 13.8. The predicted molar refractivity (Wildman–Crippen MR) is 82.4 cm³/mol. The Labute approximate surface area is 124 Å². The molecule has 1 N–H and O–H groups in total. The molecule has 0 radical (unpaired) electrons. The summed E-state index contributed by atoms with van der Waals surface area (Å²) >= 11 is 0. The van der Waals surface area contributed by atoms with Crippen LogP contribution in [-0.4, -0.2) is 11.2 Å². The number of rotatable bonds is 0. The van der Waals surface area contributed by atoms with Crippen molar-refractivity contribution in [3.8, 4) is 0 Å². The molecule has 0 saturated heterocycles. The summed E-state index contributed by atoms with van der Waals surface area (Å²) in [5, 5.41) is 10.0. The van der Waals surface area contributed by atoms with Crippen molar-refractivity contribution >= 4 is 0 Å². The minimum atomic E-state index is 0.00459. The normalized spacial score (nSPS) is 58.6. The smallest absolute Gasteiger partial charge is 0.0543 e. The van der Waals surface area contributed by atoms with Crippen LogP contribution in [0.2, 0.25) is 0 Å². The summed E-state index contributed by atoms with van der Waals surface area (Å²) < 4.78 is 0. The van der Waals surface area contributed by atoms with Crippen LogP contribution in [0.1, 0.15) is 78.1 Å². The van der Waals surface area contributed by atoms with Crippen LogP contribution in [0.3, 0.4) is 0 Å². The van der Waals surface area contributed by atoms with Gasteiger partial charge in [-0.2, -0.15) is 0 Å². The van der Waals surface area contributed by atoms with Gasteiger partial charge in [0.25, 0.3) is 0 Å². The highest BCUT2D eigenvalue weighted by atomic mass is 16.3. The molecule has 4 aliphatic rings. The maximum atomic E-state index is 10.0. The molecule has 20 heavy (non-hydrogen) atoms. The molecule has 1 nitrogen and oxygen atoms in total. The highest BCUT2D eigenvalue weighted by Crippen LogP contribution is 2.66. The first-order valence-corrected chi connectivity index (χ1v) is 9.21. The zero-order valence-electron chi connectivity index (χ0n) is 13.4. The van der Waals surface area contributed by atoms with Crippen LogP contribution >= 0.6 is 0 Å². The number of hydrogen-bond acceptors (Lipinski definition) is 1. The summed E-state index contributed by atoms with van der Waals surface area (Å²) in [6, 6.07) is 0. The van der Waals surface area contributed by atoms with E-state index in [2.05, 4.69) is 13.8 Å². The summed E-state index contributed by atoms with van der Waals surface area (Å²) in [5.41, 5.74) is 1.25. The monoisotopic (exact) mass is 276 g/mol. The molecule has 3 unspecified atom stereocenters. The van der Waals surface area contributed by atoms with Crippen molar-refractivity contribution < 1.29 is 5.11 Å². The SMILES string of the molecule is C[C@@]12CCCC1C1CC[C@@H]3C[C@H](O)CC[C@]3(C)C1CC2. The van der Waals surface area contributed by atoms with Crippen molar-refractivity contribution in [3.63, 3.8) is 0 Å². The highest BCUT2D eigenvalue weighted by molar-refractivity contribution is 5.07. The van der Waals surface area contributed by atoms with Gasteiger partial charge in [-0.25, -0.2) is 0 Å². The molecule has 0 aliphatic heterocycles. The van der Waals surface area contributed by atoms with Crippen molar-refractivity contribution in [1.29, 1.82) is 0 Å². The van der Waals surface area contributed by atoms with Gasteiger partial charge in [0.15, 0.2) is 0 Å². The molecule has 114 valence electrons. The van der Waals surface area contributed by atoms with E-state index >= 15 is 0 Å². The van der Waals surface area contributed by atoms with Gasteiger partial charge in [-0.15, -0.1) is 0 Å². The zero-order chi connectivity index (χ0) is 14.0. The lowest BCUT2D eigenvalue weighted by molar-refractivity contribution is -0.120. The van der Waals surface area contributed by atoms with Crippen molar-refractivity contribution in [2.75, 3.05) is 0 Å². The number of aliphatic hydroxyl groups excluding tert-OH is 1. The van der Waals surface area contributed by atoms with Crippen LogP contribution in [0.5, 0.6) is 0 Å². The summed E-state index contributed by atoms with van der Waals surface area (Å²) in [4.78, 5) is 0. The molecule has 4 fully saturated rings. The maximum Gasteiger partial charge on any atom is 0.0543 e. The fraction of sp³-hybridized carbons (Fsp3) is 1.00. The lowest BCUT2D eigenvalue weighted by atomic mass is 9.45. The molecule has 0 aromatic heterocycles. The van der Waals surface area contributed by atoms with Crippen LogP contribution in [-0.2, 0) is 0 Å². The topological polar surface area (TPSA) is 20.2 Å². The summed E-state index contributed by atoms with van der Waals surface area (Å²) in [6.45, 7) is 5.19. The second-order valence-corrected chi connectivity index (χ2v) is 9.17. The second-order valence-electron chi connectivity index (χ2n) is 9.17. The molecule has 7 atom stereocenters. The average Bonchev–Trinajstić information content (AvgIpc) is 2.81. The van der Waals surface area contributed by atoms with Crippen LogP contribution < -0.4 is 0 Å². The van der Waals surface area contributed by atoms with E-state index in [9.17, 15) is 5.11 Å². The van der Waals surface area contributed by atoms with E-state index in [1.54, 1.807) is 0 Å². The van der Waals surface area contributed by atoms with Crippen LogP contribution in [0.15, 0.2) is 0 Å². The molecule has 4 aliphatic carbocycles. The molecular formula is C19H32O. The number of aliphatic hydroxyl groups is 1. The Kier molecular flexibility index (Phi) is 3.05. The lowest BCUT2D eigenvalue weighted by Gasteiger charge is -2.60. The highest BCUT2D eigenvalue weighted by Gasteiger charge is 2.57. The fourth-order valence-electron chi connectivity index (χ4n) is 7.23. The van der Waals surface area contributed by atoms with E-state index in [0.29, 0.717) is 10.8 Å². The standard InChI is InChI=1S/C19H32O/c1-18-9-3-4-16(18)15-6-5-13-12-14(20)7-11-19(13,2)17(15)8-10-18/h13-17,20H,3-12H2,1-2H3/t13-,14-,15?,16?,17?,18+,19+/m1/s1. The van der Waals surface area contributed by atoms with Gasteiger partial charge in [0.1, 0.15) is 0 Å². The molecule has 0 spiro atoms. The second kappa shape index (κ2) is 4.48. The zero-order valence-corrected chi connectivity index (χ0v) is 13.4. The third kappa shape index (κ3) is 1.77. The molecule has 1 heteroatoms. The quantitative estimate of drug-likeness (QED) is 0.675. The van der Waals surface area contributed by atoms with Gasteiger partial charge in [-0.3, -0.25) is 0 Å². The Bertz CT molecular complexity index is 391. The van der Waals surface area contributed by atoms with E-state index in [1.165, 1.54) is 51.4 Å². The molecule has 0 aromatic rings. The molecule has 4 saturated carbocycles. The van der Waals surface area contributed by atoms with Gasteiger partial charge in [-0.05, 0) is 92.3 Å². The van der Waals surface area contributed by atoms with Crippen molar-refractivity contribution in [2.24, 2.45) is 34.5 Å². The van der Waals surface area contributed by atoms with Crippen molar-refractivity contribution in [2.45, 2.75) is 84.2 Å². The van der Waals surface area contributed by atoms with Crippen molar-refractivity contribution in [1.82, 2.24) is 0 Å². The van der Waals surface area contributed by atoms with Gasteiger partial charge >= 0.3 is 0 Å². The maximum absolute atomic E-state index is 10.0. The summed E-state index contributed by atoms with van der Waals surface area (Å²) in [5.74, 6) is 3.85. The van der Waals surface area contributed by atoms with Gasteiger partial charge < -0.3 is 5.11 Å². The van der Waals surface area contributed by atoms with E-state index < -0.39 is 0 Å². The molecule has 0 amide bonds. The number of fused-ring (bicyclic) bond motifs is 5. The lowest BCUT2D eigenvalue weighted by Crippen LogP contribution is -2.53. The van der Waals surface area contributed by atoms with E-state index in [1.807, 2.05) is 0 Å². The van der Waals surface area contributed by atoms with Gasteiger partial charge in [0.05, 0.1) is 6.10 Å². The summed E-state index contributed by atoms with van der Waals surface area (Å²) in [7, 11) is 0. The van der Waals surface area contributed by atoms with E-state index in [-0.39, 0.29) is 6.10 Å². The molecular weight excluding hydrogens is 244 g/mol. The van der Waals surface area contributed by atoms with Crippen LogP contribution in [0.25, 0.3) is 0 Å².